The third kappa shape index (κ3) is 2.33. The van der Waals surface area contributed by atoms with E-state index in [-0.39, 0.29) is 0 Å². The predicted octanol–water partition coefficient (Wildman–Crippen LogP) is -0.116. The maximum Gasteiger partial charge on any atom is 0.188 e. The van der Waals surface area contributed by atoms with E-state index in [2.05, 4.69) is 30.9 Å². The molecule has 2 N–H and O–H groups in total. The van der Waals surface area contributed by atoms with E-state index in [9.17, 15) is 0 Å². The molecule has 0 spiro atoms. The van der Waals surface area contributed by atoms with Gasteiger partial charge >= 0.3 is 0 Å². The number of nitrogens with one attached hydrogen (secondary N) is 2. The summed E-state index contributed by atoms with van der Waals surface area (Å²) in [5.74, 6) is 0.666. The molecule has 6 heteroatoms. The minimum atomic E-state index is 0.610. The molecule has 0 bridgehead atoms. The van der Waals surface area contributed by atoms with Crippen molar-refractivity contribution >= 4 is 0 Å². The van der Waals surface area contributed by atoms with Gasteiger partial charge in [0.15, 0.2) is 5.82 Å². The average Bonchev–Trinajstić information content (AvgIpc) is 2.72. The van der Waals surface area contributed by atoms with E-state index in [0.717, 1.165) is 6.54 Å². The van der Waals surface area contributed by atoms with Gasteiger partial charge in [0, 0.05) is 18.9 Å². The number of aromatic nitrogens is 5. The lowest BCUT2D eigenvalue weighted by molar-refractivity contribution is 0.663. The molecule has 0 aliphatic rings. The summed E-state index contributed by atoms with van der Waals surface area (Å²) in [7, 11) is 0. The van der Waals surface area contributed by atoms with E-state index in [1.165, 1.54) is 5.56 Å². The Morgan fingerprint density at radius 2 is 2.07 bits per heavy atom. The SMILES string of the molecule is c1cc(CNCc2nn[nH]n2)ccn1. The van der Waals surface area contributed by atoms with Crippen molar-refractivity contribution in [2.45, 2.75) is 13.1 Å². The number of tetrazole rings is 1. The Morgan fingerprint density at radius 3 is 2.79 bits per heavy atom. The molecule has 0 radical (unpaired) electrons. The molecule has 0 aliphatic carbocycles. The second kappa shape index (κ2) is 4.43. The fourth-order valence-corrected chi connectivity index (χ4v) is 1.08. The first-order valence-electron chi connectivity index (χ1n) is 4.27. The second-order valence-corrected chi connectivity index (χ2v) is 2.79. The standard InChI is InChI=1S/C8H10N6/c1-3-9-4-2-7(1)5-10-6-8-11-13-14-12-8/h1-4,10H,5-6H2,(H,11,12,13,14). The van der Waals surface area contributed by atoms with Crippen LogP contribution in [0.1, 0.15) is 11.4 Å². The summed E-state index contributed by atoms with van der Waals surface area (Å²) in [6.07, 6.45) is 3.54. The summed E-state index contributed by atoms with van der Waals surface area (Å²) in [5, 5.41) is 16.7. The Hall–Kier alpha value is -1.82. The molecule has 2 aromatic rings. The fourth-order valence-electron chi connectivity index (χ4n) is 1.08. The molecule has 2 aromatic heterocycles. The highest BCUT2D eigenvalue weighted by Crippen LogP contribution is 1.95. The summed E-state index contributed by atoms with van der Waals surface area (Å²) in [6.45, 7) is 1.38. The summed E-state index contributed by atoms with van der Waals surface area (Å²) < 4.78 is 0. The lowest BCUT2D eigenvalue weighted by atomic mass is 10.3. The number of hydrogen-bond acceptors (Lipinski definition) is 5. The zero-order valence-electron chi connectivity index (χ0n) is 7.51. The van der Waals surface area contributed by atoms with Crippen LogP contribution in [0.3, 0.4) is 0 Å². The highest BCUT2D eigenvalue weighted by Gasteiger charge is 1.96. The van der Waals surface area contributed by atoms with Crippen LogP contribution in [0.25, 0.3) is 0 Å². The van der Waals surface area contributed by atoms with Crippen LogP contribution in [-0.4, -0.2) is 25.6 Å². The van der Waals surface area contributed by atoms with Crippen molar-refractivity contribution in [3.05, 3.63) is 35.9 Å². The highest BCUT2D eigenvalue weighted by atomic mass is 15.5. The van der Waals surface area contributed by atoms with E-state index in [1.807, 2.05) is 12.1 Å². The molecule has 72 valence electrons. The van der Waals surface area contributed by atoms with Crippen molar-refractivity contribution in [3.63, 3.8) is 0 Å². The van der Waals surface area contributed by atoms with Crippen molar-refractivity contribution in [2.24, 2.45) is 0 Å². The van der Waals surface area contributed by atoms with E-state index < -0.39 is 0 Å². The van der Waals surface area contributed by atoms with Crippen LogP contribution in [0.4, 0.5) is 0 Å². The Labute approximate surface area is 80.8 Å². The largest absolute Gasteiger partial charge is 0.306 e. The summed E-state index contributed by atoms with van der Waals surface area (Å²) in [6, 6.07) is 3.92. The number of nitrogens with zero attached hydrogens (tertiary/aromatic N) is 4. The normalized spacial score (nSPS) is 10.3. The molecular formula is C8H10N6. The minimum absolute atomic E-state index is 0.610. The summed E-state index contributed by atoms with van der Waals surface area (Å²) >= 11 is 0. The van der Waals surface area contributed by atoms with Crippen molar-refractivity contribution in [2.75, 3.05) is 0 Å². The number of aromatic amines is 1. The van der Waals surface area contributed by atoms with Crippen LogP contribution in [0.5, 0.6) is 0 Å². The minimum Gasteiger partial charge on any atom is -0.306 e. The van der Waals surface area contributed by atoms with Crippen LogP contribution < -0.4 is 5.32 Å². The number of H-pyrrole nitrogens is 1. The first-order valence-corrected chi connectivity index (χ1v) is 4.27. The molecule has 2 rings (SSSR count). The van der Waals surface area contributed by atoms with Crippen LogP contribution in [0, 0.1) is 0 Å². The van der Waals surface area contributed by atoms with Crippen molar-refractivity contribution in [1.29, 1.82) is 0 Å². The van der Waals surface area contributed by atoms with Crippen LogP contribution >= 0.6 is 0 Å². The Balaban J connectivity index is 1.79. The monoisotopic (exact) mass is 190 g/mol. The van der Waals surface area contributed by atoms with Gasteiger partial charge < -0.3 is 5.32 Å². The van der Waals surface area contributed by atoms with Gasteiger partial charge in [-0.25, -0.2) is 0 Å². The summed E-state index contributed by atoms with van der Waals surface area (Å²) in [5.41, 5.74) is 1.18. The maximum absolute atomic E-state index is 3.94. The van der Waals surface area contributed by atoms with Crippen molar-refractivity contribution < 1.29 is 0 Å². The van der Waals surface area contributed by atoms with Gasteiger partial charge in [-0.1, -0.05) is 5.21 Å². The first-order chi connectivity index (χ1) is 6.95. The van der Waals surface area contributed by atoms with Crippen LogP contribution in [0.15, 0.2) is 24.5 Å². The topological polar surface area (TPSA) is 79.4 Å². The third-order valence-corrected chi connectivity index (χ3v) is 1.75. The zero-order chi connectivity index (χ0) is 9.64. The smallest absolute Gasteiger partial charge is 0.188 e. The molecule has 0 atom stereocenters. The Morgan fingerprint density at radius 1 is 1.21 bits per heavy atom. The molecule has 0 aromatic carbocycles. The molecular weight excluding hydrogens is 180 g/mol. The van der Waals surface area contributed by atoms with E-state index in [0.29, 0.717) is 12.4 Å². The van der Waals surface area contributed by atoms with Gasteiger partial charge in [-0.05, 0) is 17.7 Å². The maximum atomic E-state index is 3.94. The lowest BCUT2D eigenvalue weighted by Gasteiger charge is -2.00. The van der Waals surface area contributed by atoms with Gasteiger partial charge in [0.05, 0.1) is 6.54 Å². The molecule has 0 fully saturated rings. The second-order valence-electron chi connectivity index (χ2n) is 2.79. The molecule has 6 nitrogen and oxygen atoms in total. The van der Waals surface area contributed by atoms with E-state index in [4.69, 9.17) is 0 Å². The molecule has 0 unspecified atom stereocenters. The third-order valence-electron chi connectivity index (χ3n) is 1.75. The van der Waals surface area contributed by atoms with Gasteiger partial charge in [-0.2, -0.15) is 5.21 Å². The van der Waals surface area contributed by atoms with E-state index in [1.54, 1.807) is 12.4 Å². The molecule has 0 aliphatic heterocycles. The number of pyridine rings is 1. The Bertz CT molecular complexity index is 357. The van der Waals surface area contributed by atoms with Gasteiger partial charge in [-0.15, -0.1) is 10.2 Å². The van der Waals surface area contributed by atoms with Crippen LogP contribution in [-0.2, 0) is 13.1 Å². The highest BCUT2D eigenvalue weighted by molar-refractivity contribution is 5.08. The number of hydrogen-bond donors (Lipinski definition) is 2. The lowest BCUT2D eigenvalue weighted by Crippen LogP contribution is -2.13. The Kier molecular flexibility index (Phi) is 2.77. The van der Waals surface area contributed by atoms with Gasteiger partial charge in [-0.3, -0.25) is 4.98 Å². The molecule has 2 heterocycles. The van der Waals surface area contributed by atoms with Crippen molar-refractivity contribution in [3.8, 4) is 0 Å². The zero-order valence-corrected chi connectivity index (χ0v) is 7.51. The van der Waals surface area contributed by atoms with Crippen LogP contribution in [0.2, 0.25) is 0 Å². The molecule has 0 amide bonds. The molecule has 0 saturated heterocycles. The van der Waals surface area contributed by atoms with Crippen molar-refractivity contribution in [1.82, 2.24) is 30.9 Å². The first kappa shape index (κ1) is 8.76. The van der Waals surface area contributed by atoms with Gasteiger partial charge in [0.1, 0.15) is 0 Å². The predicted molar refractivity (Wildman–Crippen MR) is 49.0 cm³/mol. The van der Waals surface area contributed by atoms with Gasteiger partial charge in [0.25, 0.3) is 0 Å². The molecule has 0 saturated carbocycles. The molecule has 14 heavy (non-hydrogen) atoms. The average molecular weight is 190 g/mol. The van der Waals surface area contributed by atoms with E-state index >= 15 is 0 Å². The fraction of sp³-hybridized carbons (Fsp3) is 0.250. The van der Waals surface area contributed by atoms with Gasteiger partial charge in [0.2, 0.25) is 0 Å². The quantitative estimate of drug-likeness (QED) is 0.703. The number of rotatable bonds is 4. The summed E-state index contributed by atoms with van der Waals surface area (Å²) in [4.78, 5) is 3.94.